The lowest BCUT2D eigenvalue weighted by atomic mass is 10.0. The van der Waals surface area contributed by atoms with Crippen molar-refractivity contribution in [2.75, 3.05) is 0 Å². The molecule has 0 aliphatic rings. The molecule has 1 unspecified atom stereocenters. The lowest BCUT2D eigenvalue weighted by Gasteiger charge is -2.06. The summed E-state index contributed by atoms with van der Waals surface area (Å²) in [5, 5.41) is 26.4. The van der Waals surface area contributed by atoms with E-state index in [1.807, 2.05) is 42.8 Å². The summed E-state index contributed by atoms with van der Waals surface area (Å²) in [5.74, 6) is 0.181. The van der Waals surface area contributed by atoms with Gasteiger partial charge in [-0.05, 0) is 30.7 Å². The fourth-order valence-corrected chi connectivity index (χ4v) is 2.79. The van der Waals surface area contributed by atoms with Crippen molar-refractivity contribution in [2.24, 2.45) is 13.0 Å². The van der Waals surface area contributed by atoms with Crippen LogP contribution in [0.5, 0.6) is 0 Å². The Bertz CT molecular complexity index is 902. The van der Waals surface area contributed by atoms with E-state index in [1.165, 1.54) is 0 Å². The lowest BCUT2D eigenvalue weighted by molar-refractivity contribution is -0.141. The van der Waals surface area contributed by atoms with Crippen LogP contribution >= 0.6 is 11.6 Å². The molecule has 8 nitrogen and oxygen atoms in total. The molecule has 0 saturated heterocycles. The van der Waals surface area contributed by atoms with Gasteiger partial charge in [0.1, 0.15) is 6.54 Å². The molecule has 1 aromatic carbocycles. The van der Waals surface area contributed by atoms with Gasteiger partial charge in [0.05, 0.1) is 11.6 Å². The smallest absolute Gasteiger partial charge is 0.306 e. The summed E-state index contributed by atoms with van der Waals surface area (Å²) in [5.41, 5.74) is 1.57. The Morgan fingerprint density at radius 2 is 1.96 bits per heavy atom. The second-order valence-corrected chi connectivity index (χ2v) is 6.50. The number of nitrogens with zero attached hydrogens (tertiary/aromatic N) is 6. The SMILES string of the molecule is CCC(Cc1cn(Cc2nnc(-c3ccc(Cl)cc3)n2C)nn1)C(=O)O. The molecule has 3 rings (SSSR count). The van der Waals surface area contributed by atoms with Crippen molar-refractivity contribution in [2.45, 2.75) is 26.3 Å². The van der Waals surface area contributed by atoms with Gasteiger partial charge >= 0.3 is 5.97 Å². The van der Waals surface area contributed by atoms with Crippen molar-refractivity contribution in [1.29, 1.82) is 0 Å². The van der Waals surface area contributed by atoms with Gasteiger partial charge in [-0.1, -0.05) is 23.7 Å². The average Bonchev–Trinajstić information content (AvgIpc) is 3.21. The highest BCUT2D eigenvalue weighted by molar-refractivity contribution is 6.30. The van der Waals surface area contributed by atoms with Crippen LogP contribution in [0, 0.1) is 5.92 Å². The van der Waals surface area contributed by atoms with Crippen LogP contribution in [-0.2, 0) is 24.8 Å². The Balaban J connectivity index is 1.74. The first-order valence-corrected chi connectivity index (χ1v) is 8.61. The number of halogens is 1. The Morgan fingerprint density at radius 3 is 2.62 bits per heavy atom. The monoisotopic (exact) mass is 374 g/mol. The lowest BCUT2D eigenvalue weighted by Crippen LogP contribution is -2.15. The normalized spacial score (nSPS) is 12.3. The highest BCUT2D eigenvalue weighted by Gasteiger charge is 2.18. The first kappa shape index (κ1) is 18.1. The van der Waals surface area contributed by atoms with Crippen LogP contribution in [0.2, 0.25) is 5.02 Å². The molecule has 1 N–H and O–H groups in total. The molecule has 0 spiro atoms. The minimum Gasteiger partial charge on any atom is -0.481 e. The van der Waals surface area contributed by atoms with E-state index in [9.17, 15) is 4.79 Å². The number of hydrogen-bond donors (Lipinski definition) is 1. The molecule has 0 amide bonds. The molecule has 0 aliphatic heterocycles. The molecule has 3 aromatic rings. The number of hydrogen-bond acceptors (Lipinski definition) is 5. The zero-order valence-electron chi connectivity index (χ0n) is 14.5. The third-order valence-electron chi connectivity index (χ3n) is 4.25. The van der Waals surface area contributed by atoms with Crippen LogP contribution in [0.4, 0.5) is 0 Å². The summed E-state index contributed by atoms with van der Waals surface area (Å²) in [4.78, 5) is 11.2. The fourth-order valence-electron chi connectivity index (χ4n) is 2.66. The highest BCUT2D eigenvalue weighted by atomic mass is 35.5. The Morgan fingerprint density at radius 1 is 1.23 bits per heavy atom. The maximum Gasteiger partial charge on any atom is 0.306 e. The van der Waals surface area contributed by atoms with Crippen LogP contribution in [0.1, 0.15) is 24.9 Å². The average molecular weight is 375 g/mol. The number of carboxylic acids is 1. The highest BCUT2D eigenvalue weighted by Crippen LogP contribution is 2.20. The molecular weight excluding hydrogens is 356 g/mol. The zero-order chi connectivity index (χ0) is 18.7. The van der Waals surface area contributed by atoms with Gasteiger partial charge in [-0.3, -0.25) is 4.79 Å². The molecule has 2 heterocycles. The molecular formula is C17H19ClN6O2. The van der Waals surface area contributed by atoms with Crippen LogP contribution in [0.25, 0.3) is 11.4 Å². The third-order valence-corrected chi connectivity index (χ3v) is 4.51. The van der Waals surface area contributed by atoms with Crippen molar-refractivity contribution < 1.29 is 9.90 Å². The van der Waals surface area contributed by atoms with Gasteiger partial charge in [-0.15, -0.1) is 15.3 Å². The number of aromatic nitrogens is 6. The number of aliphatic carboxylic acids is 1. The third kappa shape index (κ3) is 3.91. The first-order valence-electron chi connectivity index (χ1n) is 8.24. The van der Waals surface area contributed by atoms with Crippen LogP contribution in [0.3, 0.4) is 0 Å². The molecule has 0 radical (unpaired) electrons. The maximum absolute atomic E-state index is 11.2. The van der Waals surface area contributed by atoms with Crippen molar-refractivity contribution in [3.8, 4) is 11.4 Å². The van der Waals surface area contributed by atoms with Gasteiger partial charge in [0.25, 0.3) is 0 Å². The molecule has 0 bridgehead atoms. The molecule has 2 aromatic heterocycles. The van der Waals surface area contributed by atoms with E-state index in [0.717, 1.165) is 17.2 Å². The van der Waals surface area contributed by atoms with Crippen molar-refractivity contribution in [3.63, 3.8) is 0 Å². The summed E-state index contributed by atoms with van der Waals surface area (Å²) in [6.45, 7) is 2.25. The second kappa shape index (κ2) is 7.65. The maximum atomic E-state index is 11.2. The number of benzene rings is 1. The quantitative estimate of drug-likeness (QED) is 0.681. The summed E-state index contributed by atoms with van der Waals surface area (Å²) < 4.78 is 3.52. The van der Waals surface area contributed by atoms with Crippen LogP contribution in [0.15, 0.2) is 30.5 Å². The first-order chi connectivity index (χ1) is 12.5. The zero-order valence-corrected chi connectivity index (χ0v) is 15.3. The van der Waals surface area contributed by atoms with E-state index in [-0.39, 0.29) is 0 Å². The minimum atomic E-state index is -0.817. The molecule has 0 aliphatic carbocycles. The summed E-state index contributed by atoms with van der Waals surface area (Å²) in [7, 11) is 1.88. The topological polar surface area (TPSA) is 98.7 Å². The van der Waals surface area contributed by atoms with Crippen molar-refractivity contribution >= 4 is 17.6 Å². The Labute approximate surface area is 155 Å². The largest absolute Gasteiger partial charge is 0.481 e. The molecule has 0 saturated carbocycles. The van der Waals surface area contributed by atoms with Crippen molar-refractivity contribution in [1.82, 2.24) is 29.8 Å². The second-order valence-electron chi connectivity index (χ2n) is 6.06. The minimum absolute atomic E-state index is 0.362. The van der Waals surface area contributed by atoms with Gasteiger partial charge < -0.3 is 9.67 Å². The van der Waals surface area contributed by atoms with Crippen molar-refractivity contribution in [3.05, 3.63) is 47.0 Å². The predicted octanol–water partition coefficient (Wildman–Crippen LogP) is 2.43. The standard InChI is InChI=1S/C17H19ClN6O2/c1-3-11(17(25)26)8-14-9-24(22-19-14)10-15-20-21-16(23(15)2)12-4-6-13(18)7-5-12/h4-7,9,11H,3,8,10H2,1-2H3,(H,25,26). The van der Waals surface area contributed by atoms with E-state index >= 15 is 0 Å². The summed E-state index contributed by atoms with van der Waals surface area (Å²) in [6, 6.07) is 7.39. The molecule has 0 fully saturated rings. The Kier molecular flexibility index (Phi) is 5.32. The van der Waals surface area contributed by atoms with E-state index in [0.29, 0.717) is 30.1 Å². The fraction of sp³-hybridized carbons (Fsp3) is 0.353. The van der Waals surface area contributed by atoms with Gasteiger partial charge in [0, 0.05) is 30.3 Å². The molecule has 136 valence electrons. The summed E-state index contributed by atoms with van der Waals surface area (Å²) in [6.07, 6.45) is 2.67. The van der Waals surface area contributed by atoms with Crippen LogP contribution in [-0.4, -0.2) is 40.8 Å². The van der Waals surface area contributed by atoms with E-state index < -0.39 is 11.9 Å². The number of carbonyl (C=O) groups is 1. The summed E-state index contributed by atoms with van der Waals surface area (Å²) >= 11 is 5.92. The van der Waals surface area contributed by atoms with E-state index in [1.54, 1.807) is 10.9 Å². The van der Waals surface area contributed by atoms with Gasteiger partial charge in [0.2, 0.25) is 0 Å². The number of carboxylic acid groups (broad SMARTS) is 1. The predicted molar refractivity (Wildman–Crippen MR) is 95.7 cm³/mol. The van der Waals surface area contributed by atoms with E-state index in [2.05, 4.69) is 20.5 Å². The molecule has 9 heteroatoms. The number of rotatable bonds is 7. The van der Waals surface area contributed by atoms with Gasteiger partial charge in [-0.25, -0.2) is 4.68 Å². The molecule has 26 heavy (non-hydrogen) atoms. The van der Waals surface area contributed by atoms with Gasteiger partial charge in [-0.2, -0.15) is 0 Å². The Hall–Kier alpha value is -2.74. The van der Waals surface area contributed by atoms with E-state index in [4.69, 9.17) is 16.7 Å². The van der Waals surface area contributed by atoms with Gasteiger partial charge in [0.15, 0.2) is 11.6 Å². The van der Waals surface area contributed by atoms with Crippen LogP contribution < -0.4 is 0 Å². The molecule has 1 atom stereocenters.